The smallest absolute Gasteiger partial charge is 0.262 e. The molecule has 27 heavy (non-hydrogen) atoms. The lowest BCUT2D eigenvalue weighted by Gasteiger charge is -2.11. The van der Waals surface area contributed by atoms with E-state index in [0.29, 0.717) is 30.2 Å². The summed E-state index contributed by atoms with van der Waals surface area (Å²) < 4.78 is 11.0. The van der Waals surface area contributed by atoms with E-state index in [2.05, 4.69) is 11.2 Å². The van der Waals surface area contributed by atoms with Gasteiger partial charge in [-0.1, -0.05) is 42.3 Å². The molecule has 0 aliphatic heterocycles. The third kappa shape index (κ3) is 5.95. The number of carbonyl (C=O) groups excluding carboxylic acids is 1. The highest BCUT2D eigenvalue weighted by Gasteiger charge is 2.11. The topological polar surface area (TPSA) is 71.3 Å². The Kier molecular flexibility index (Phi) is 7.51. The lowest BCUT2D eigenvalue weighted by atomic mass is 10.1. The first-order valence-corrected chi connectivity index (χ1v) is 8.45. The average molecular weight is 360 g/mol. The van der Waals surface area contributed by atoms with E-state index in [4.69, 9.17) is 15.9 Å². The summed E-state index contributed by atoms with van der Waals surface area (Å²) in [6, 6.07) is 16.6. The van der Waals surface area contributed by atoms with Crippen molar-refractivity contribution in [3.05, 3.63) is 65.2 Å². The van der Waals surface area contributed by atoms with Gasteiger partial charge in [-0.3, -0.25) is 4.79 Å². The summed E-state index contributed by atoms with van der Waals surface area (Å²) in [6.45, 7) is 2.77. The number of rotatable bonds is 8. The van der Waals surface area contributed by atoms with Gasteiger partial charge in [-0.2, -0.15) is 5.26 Å². The van der Waals surface area contributed by atoms with Crippen molar-refractivity contribution in [2.24, 2.45) is 0 Å². The zero-order valence-electron chi connectivity index (χ0n) is 15.1. The summed E-state index contributed by atoms with van der Waals surface area (Å²) in [6.07, 6.45) is 6.72. The van der Waals surface area contributed by atoms with Gasteiger partial charge in [0.1, 0.15) is 18.2 Å². The molecule has 2 aromatic carbocycles. The number of terminal acetylenes is 1. The molecule has 0 fully saturated rings. The van der Waals surface area contributed by atoms with E-state index in [1.807, 2.05) is 43.3 Å². The van der Waals surface area contributed by atoms with E-state index in [-0.39, 0.29) is 12.2 Å². The number of nitrogens with zero attached hydrogens (tertiary/aromatic N) is 1. The number of hydrogen-bond acceptors (Lipinski definition) is 4. The van der Waals surface area contributed by atoms with Crippen molar-refractivity contribution in [3.8, 4) is 29.9 Å². The highest BCUT2D eigenvalue weighted by Crippen LogP contribution is 2.29. The Balaban J connectivity index is 2.15. The molecule has 2 rings (SSSR count). The maximum atomic E-state index is 12.3. The molecule has 136 valence electrons. The Bertz CT molecular complexity index is 890. The summed E-state index contributed by atoms with van der Waals surface area (Å²) in [4.78, 5) is 12.3. The van der Waals surface area contributed by atoms with Gasteiger partial charge in [0.05, 0.1) is 6.61 Å². The molecule has 0 spiro atoms. The Morgan fingerprint density at radius 1 is 1.19 bits per heavy atom. The largest absolute Gasteiger partial charge is 0.490 e. The van der Waals surface area contributed by atoms with Crippen molar-refractivity contribution in [1.29, 1.82) is 5.26 Å². The summed E-state index contributed by atoms with van der Waals surface area (Å²) in [5.74, 6) is 2.98. The Labute approximate surface area is 159 Å². The number of ether oxygens (including phenoxy) is 2. The summed E-state index contributed by atoms with van der Waals surface area (Å²) in [7, 11) is 0. The Morgan fingerprint density at radius 3 is 2.63 bits per heavy atom. The number of nitriles is 1. The van der Waals surface area contributed by atoms with Gasteiger partial charge in [0.15, 0.2) is 11.5 Å². The molecular weight excluding hydrogens is 340 g/mol. The van der Waals surface area contributed by atoms with Crippen molar-refractivity contribution < 1.29 is 14.3 Å². The normalized spacial score (nSPS) is 10.4. The van der Waals surface area contributed by atoms with Crippen molar-refractivity contribution in [2.75, 3.05) is 13.2 Å². The fourth-order valence-corrected chi connectivity index (χ4v) is 2.31. The van der Waals surface area contributed by atoms with Crippen molar-refractivity contribution in [3.63, 3.8) is 0 Å². The van der Waals surface area contributed by atoms with Gasteiger partial charge < -0.3 is 14.8 Å². The molecular formula is C22H20N2O3. The third-order valence-corrected chi connectivity index (χ3v) is 3.55. The maximum Gasteiger partial charge on any atom is 0.262 e. The van der Waals surface area contributed by atoms with E-state index in [1.165, 1.54) is 6.08 Å². The van der Waals surface area contributed by atoms with Crippen LogP contribution in [-0.4, -0.2) is 19.1 Å². The molecule has 0 aliphatic carbocycles. The van der Waals surface area contributed by atoms with Crippen LogP contribution in [0, 0.1) is 23.7 Å². The van der Waals surface area contributed by atoms with Gasteiger partial charge in [0.25, 0.3) is 5.91 Å². The fourth-order valence-electron chi connectivity index (χ4n) is 2.31. The third-order valence-electron chi connectivity index (χ3n) is 3.55. The van der Waals surface area contributed by atoms with Gasteiger partial charge >= 0.3 is 0 Å². The molecule has 1 N–H and O–H groups in total. The average Bonchev–Trinajstić information content (AvgIpc) is 2.70. The van der Waals surface area contributed by atoms with Crippen LogP contribution >= 0.6 is 0 Å². The lowest BCUT2D eigenvalue weighted by molar-refractivity contribution is -0.117. The van der Waals surface area contributed by atoms with Crippen LogP contribution in [0.3, 0.4) is 0 Å². The first-order valence-electron chi connectivity index (χ1n) is 8.45. The van der Waals surface area contributed by atoms with E-state index in [1.54, 1.807) is 18.2 Å². The van der Waals surface area contributed by atoms with Gasteiger partial charge in [-0.15, -0.1) is 6.42 Å². The second-order valence-corrected chi connectivity index (χ2v) is 5.47. The van der Waals surface area contributed by atoms with Crippen LogP contribution < -0.4 is 14.8 Å². The van der Waals surface area contributed by atoms with Crippen LogP contribution in [0.2, 0.25) is 0 Å². The van der Waals surface area contributed by atoms with Crippen molar-refractivity contribution in [1.82, 2.24) is 5.32 Å². The summed E-state index contributed by atoms with van der Waals surface area (Å²) >= 11 is 0. The van der Waals surface area contributed by atoms with Crippen molar-refractivity contribution in [2.45, 2.75) is 13.5 Å². The van der Waals surface area contributed by atoms with Gasteiger partial charge in [-0.05, 0) is 36.3 Å². The summed E-state index contributed by atoms with van der Waals surface area (Å²) in [5, 5.41) is 12.1. The van der Waals surface area contributed by atoms with Crippen molar-refractivity contribution >= 4 is 12.0 Å². The molecule has 0 radical (unpaired) electrons. The lowest BCUT2D eigenvalue weighted by Crippen LogP contribution is -2.23. The number of hydrogen-bond donors (Lipinski definition) is 1. The second kappa shape index (κ2) is 10.3. The highest BCUT2D eigenvalue weighted by atomic mass is 16.5. The first-order chi connectivity index (χ1) is 13.2. The second-order valence-electron chi connectivity index (χ2n) is 5.47. The number of benzene rings is 2. The molecule has 0 atom stereocenters. The monoisotopic (exact) mass is 360 g/mol. The van der Waals surface area contributed by atoms with Crippen LogP contribution in [0.1, 0.15) is 18.1 Å². The van der Waals surface area contributed by atoms with Crippen LogP contribution in [0.5, 0.6) is 11.5 Å². The predicted molar refractivity (Wildman–Crippen MR) is 104 cm³/mol. The molecule has 0 saturated carbocycles. The summed E-state index contributed by atoms with van der Waals surface area (Å²) in [5.41, 5.74) is 1.61. The highest BCUT2D eigenvalue weighted by molar-refractivity contribution is 6.01. The first kappa shape index (κ1) is 19.6. The maximum absolute atomic E-state index is 12.3. The minimum atomic E-state index is -0.438. The number of nitrogens with one attached hydrogen (secondary N) is 1. The minimum Gasteiger partial charge on any atom is -0.490 e. The number of carbonyl (C=O) groups is 1. The zero-order chi connectivity index (χ0) is 19.5. The fraction of sp³-hybridized carbons (Fsp3) is 0.182. The molecule has 0 saturated heterocycles. The molecule has 2 aromatic rings. The molecule has 5 nitrogen and oxygen atoms in total. The van der Waals surface area contributed by atoms with Crippen LogP contribution in [0.25, 0.3) is 6.08 Å². The van der Waals surface area contributed by atoms with Crippen LogP contribution in [0.15, 0.2) is 54.1 Å². The molecule has 0 unspecified atom stereocenters. The minimum absolute atomic E-state index is 0.00525. The van der Waals surface area contributed by atoms with E-state index >= 15 is 0 Å². The van der Waals surface area contributed by atoms with Crippen LogP contribution in [0.4, 0.5) is 0 Å². The molecule has 1 amide bonds. The Morgan fingerprint density at radius 2 is 1.96 bits per heavy atom. The van der Waals surface area contributed by atoms with E-state index in [9.17, 15) is 10.1 Å². The van der Waals surface area contributed by atoms with Crippen LogP contribution in [-0.2, 0) is 11.3 Å². The standard InChI is InChI=1S/C22H20N2O3/c1-3-12-27-20-11-10-18(14-21(20)26-4-2)13-19(15-23)22(25)24-16-17-8-6-5-7-9-17/h1,5-11,13-14H,4,12,16H2,2H3,(H,24,25)/b19-13+. The molecule has 0 heterocycles. The SMILES string of the molecule is C#CCOc1ccc(/C=C(\C#N)C(=O)NCc2ccccc2)cc1OCC. The molecule has 0 aliphatic rings. The number of amides is 1. The molecule has 0 bridgehead atoms. The molecule has 0 aromatic heterocycles. The Hall–Kier alpha value is -3.70. The zero-order valence-corrected chi connectivity index (χ0v) is 15.1. The van der Waals surface area contributed by atoms with E-state index in [0.717, 1.165) is 5.56 Å². The predicted octanol–water partition coefficient (Wildman–Crippen LogP) is 3.32. The van der Waals surface area contributed by atoms with Gasteiger partial charge in [0, 0.05) is 6.54 Å². The van der Waals surface area contributed by atoms with E-state index < -0.39 is 5.91 Å². The van der Waals surface area contributed by atoms with Gasteiger partial charge in [0.2, 0.25) is 0 Å². The van der Waals surface area contributed by atoms with Gasteiger partial charge in [-0.25, -0.2) is 0 Å². The molecule has 5 heteroatoms. The quantitative estimate of drug-likeness (QED) is 0.445.